The molecule has 142 valence electrons. The van der Waals surface area contributed by atoms with Gasteiger partial charge >= 0.3 is 5.97 Å². The summed E-state index contributed by atoms with van der Waals surface area (Å²) in [5, 5.41) is 2.93. The molecule has 2 rings (SSSR count). The van der Waals surface area contributed by atoms with Crippen LogP contribution in [0, 0.1) is 0 Å². The smallest absolute Gasteiger partial charge is 0.308 e. The summed E-state index contributed by atoms with van der Waals surface area (Å²) in [4.78, 5) is 38.8. The molecule has 1 aliphatic rings. The third-order valence-electron chi connectivity index (χ3n) is 4.79. The fraction of sp³-hybridized carbons (Fsp3) is 0.526. The van der Waals surface area contributed by atoms with Gasteiger partial charge in [0.2, 0.25) is 5.91 Å². The Balaban J connectivity index is 2.14. The summed E-state index contributed by atoms with van der Waals surface area (Å²) < 4.78 is 4.68. The monoisotopic (exact) mass is 380 g/mol. The lowest BCUT2D eigenvalue weighted by Gasteiger charge is -2.33. The van der Waals surface area contributed by atoms with Gasteiger partial charge in [0, 0.05) is 13.1 Å². The topological polar surface area (TPSA) is 75.7 Å². The molecule has 0 spiro atoms. The van der Waals surface area contributed by atoms with Crippen molar-refractivity contribution in [2.24, 2.45) is 0 Å². The Morgan fingerprint density at radius 3 is 2.50 bits per heavy atom. The minimum absolute atomic E-state index is 0.133. The maximum Gasteiger partial charge on any atom is 0.308 e. The number of nitrogens with zero attached hydrogens (tertiary/aromatic N) is 1. The van der Waals surface area contributed by atoms with Crippen molar-refractivity contribution in [1.29, 1.82) is 0 Å². The van der Waals surface area contributed by atoms with Gasteiger partial charge < -0.3 is 15.0 Å². The number of esters is 1. The standard InChI is InChI=1S/C19H25ClN2O4/c1-22(13-8-4-3-5-9-13)19(25)16(12-17(23)26-2)21-18(24)14-10-6-7-11-15(14)20/h6-7,10-11,13,16H,3-5,8-9,12H2,1-2H3,(H,21,24). The lowest BCUT2D eigenvalue weighted by atomic mass is 9.94. The highest BCUT2D eigenvalue weighted by atomic mass is 35.5. The third kappa shape index (κ3) is 5.21. The predicted molar refractivity (Wildman–Crippen MR) is 99.0 cm³/mol. The van der Waals surface area contributed by atoms with E-state index in [-0.39, 0.29) is 29.0 Å². The fourth-order valence-corrected chi connectivity index (χ4v) is 3.45. The molecule has 1 aromatic rings. The Morgan fingerprint density at radius 2 is 1.88 bits per heavy atom. The zero-order chi connectivity index (χ0) is 19.1. The number of carbonyl (C=O) groups is 3. The molecule has 1 N–H and O–H groups in total. The maximum absolute atomic E-state index is 12.9. The van der Waals surface area contributed by atoms with Crippen molar-refractivity contribution >= 4 is 29.4 Å². The van der Waals surface area contributed by atoms with Crippen LogP contribution in [-0.2, 0) is 14.3 Å². The number of halogens is 1. The molecule has 6 nitrogen and oxygen atoms in total. The van der Waals surface area contributed by atoms with Crippen molar-refractivity contribution in [3.8, 4) is 0 Å². The van der Waals surface area contributed by atoms with Gasteiger partial charge in [-0.1, -0.05) is 43.0 Å². The van der Waals surface area contributed by atoms with E-state index >= 15 is 0 Å². The molecule has 1 atom stereocenters. The Labute approximate surface area is 158 Å². The lowest BCUT2D eigenvalue weighted by molar-refractivity contribution is -0.145. The number of amides is 2. The van der Waals surface area contributed by atoms with Gasteiger partial charge in [0.05, 0.1) is 24.1 Å². The fourth-order valence-electron chi connectivity index (χ4n) is 3.23. The van der Waals surface area contributed by atoms with Crippen LogP contribution < -0.4 is 5.32 Å². The molecule has 1 saturated carbocycles. The van der Waals surface area contributed by atoms with Gasteiger partial charge in [-0.2, -0.15) is 0 Å². The van der Waals surface area contributed by atoms with Crippen LogP contribution in [0.15, 0.2) is 24.3 Å². The summed E-state index contributed by atoms with van der Waals surface area (Å²) in [7, 11) is 2.98. The van der Waals surface area contributed by atoms with Gasteiger partial charge in [-0.05, 0) is 25.0 Å². The average Bonchev–Trinajstić information content (AvgIpc) is 2.67. The Morgan fingerprint density at radius 1 is 1.23 bits per heavy atom. The van der Waals surface area contributed by atoms with Crippen LogP contribution >= 0.6 is 11.6 Å². The van der Waals surface area contributed by atoms with Crippen LogP contribution in [-0.4, -0.2) is 48.9 Å². The van der Waals surface area contributed by atoms with Crippen molar-refractivity contribution in [1.82, 2.24) is 10.2 Å². The summed E-state index contributed by atoms with van der Waals surface area (Å²) in [6.45, 7) is 0. The molecule has 0 aromatic heterocycles. The van der Waals surface area contributed by atoms with Gasteiger partial charge in [0.15, 0.2) is 0 Å². The van der Waals surface area contributed by atoms with Crippen LogP contribution in [0.3, 0.4) is 0 Å². The highest BCUT2D eigenvalue weighted by Gasteiger charge is 2.31. The summed E-state index contributed by atoms with van der Waals surface area (Å²) in [6.07, 6.45) is 4.99. The van der Waals surface area contributed by atoms with Crippen molar-refractivity contribution in [3.63, 3.8) is 0 Å². The number of hydrogen-bond acceptors (Lipinski definition) is 4. The highest BCUT2D eigenvalue weighted by Crippen LogP contribution is 2.22. The highest BCUT2D eigenvalue weighted by molar-refractivity contribution is 6.33. The van der Waals surface area contributed by atoms with Crippen LogP contribution in [0.25, 0.3) is 0 Å². The Bertz CT molecular complexity index is 659. The van der Waals surface area contributed by atoms with Crippen LogP contribution in [0.1, 0.15) is 48.9 Å². The molecule has 0 saturated heterocycles. The Kier molecular flexibility index (Phi) is 7.45. The normalized spacial score (nSPS) is 15.8. The van der Waals surface area contributed by atoms with E-state index in [9.17, 15) is 14.4 Å². The molecule has 0 bridgehead atoms. The first-order valence-electron chi connectivity index (χ1n) is 8.83. The van der Waals surface area contributed by atoms with Crippen molar-refractivity contribution in [3.05, 3.63) is 34.9 Å². The van der Waals surface area contributed by atoms with E-state index in [1.165, 1.54) is 13.5 Å². The summed E-state index contributed by atoms with van der Waals surface area (Å²) in [5.74, 6) is -1.34. The predicted octanol–water partition coefficient (Wildman–Crippen LogP) is 2.79. The first-order chi connectivity index (χ1) is 12.4. The van der Waals surface area contributed by atoms with E-state index in [1.54, 1.807) is 36.2 Å². The molecule has 26 heavy (non-hydrogen) atoms. The molecule has 1 fully saturated rings. The number of ether oxygens (including phenoxy) is 1. The lowest BCUT2D eigenvalue weighted by Crippen LogP contribution is -2.51. The molecule has 0 aliphatic heterocycles. The molecule has 1 aliphatic carbocycles. The van der Waals surface area contributed by atoms with Crippen molar-refractivity contribution in [2.75, 3.05) is 14.2 Å². The second-order valence-corrected chi connectivity index (χ2v) is 6.93. The minimum Gasteiger partial charge on any atom is -0.469 e. The van der Waals surface area contributed by atoms with Crippen LogP contribution in [0.5, 0.6) is 0 Å². The summed E-state index contributed by atoms with van der Waals surface area (Å²) in [6, 6.07) is 5.72. The number of hydrogen-bond donors (Lipinski definition) is 1. The van der Waals surface area contributed by atoms with Crippen molar-refractivity contribution < 1.29 is 19.1 Å². The van der Waals surface area contributed by atoms with E-state index in [1.807, 2.05) is 0 Å². The van der Waals surface area contributed by atoms with Gasteiger partial charge in [0.25, 0.3) is 5.91 Å². The van der Waals surface area contributed by atoms with E-state index in [0.717, 1.165) is 25.7 Å². The Hall–Kier alpha value is -2.08. The maximum atomic E-state index is 12.9. The first kappa shape index (κ1) is 20.2. The first-order valence-corrected chi connectivity index (χ1v) is 9.20. The third-order valence-corrected chi connectivity index (χ3v) is 5.12. The quantitative estimate of drug-likeness (QED) is 0.770. The van der Waals surface area contributed by atoms with E-state index in [4.69, 9.17) is 11.6 Å². The van der Waals surface area contributed by atoms with Gasteiger partial charge in [0.1, 0.15) is 6.04 Å². The number of likely N-dealkylation sites (N-methyl/N-ethyl adjacent to an activating group) is 1. The number of carbonyl (C=O) groups excluding carboxylic acids is 3. The molecular formula is C19H25ClN2O4. The molecule has 0 radical (unpaired) electrons. The number of rotatable bonds is 6. The van der Waals surface area contributed by atoms with E-state index in [2.05, 4.69) is 10.1 Å². The second-order valence-electron chi connectivity index (χ2n) is 6.53. The summed E-state index contributed by atoms with van der Waals surface area (Å²) in [5.41, 5.74) is 0.261. The van der Waals surface area contributed by atoms with Gasteiger partial charge in [-0.25, -0.2) is 0 Å². The zero-order valence-corrected chi connectivity index (χ0v) is 15.9. The SMILES string of the molecule is COC(=O)CC(NC(=O)c1ccccc1Cl)C(=O)N(C)C1CCCCC1. The average molecular weight is 381 g/mol. The summed E-state index contributed by atoms with van der Waals surface area (Å²) >= 11 is 6.05. The number of methoxy groups -OCH3 is 1. The number of nitrogens with one attached hydrogen (secondary N) is 1. The van der Waals surface area contributed by atoms with Gasteiger partial charge in [-0.15, -0.1) is 0 Å². The van der Waals surface area contributed by atoms with Crippen molar-refractivity contribution in [2.45, 2.75) is 50.6 Å². The molecule has 7 heteroatoms. The van der Waals surface area contributed by atoms with Gasteiger partial charge in [-0.3, -0.25) is 14.4 Å². The molecule has 1 unspecified atom stereocenters. The molecule has 1 aromatic carbocycles. The minimum atomic E-state index is -0.988. The van der Waals surface area contributed by atoms with Crippen LogP contribution in [0.2, 0.25) is 5.02 Å². The molecule has 0 heterocycles. The second kappa shape index (κ2) is 9.57. The molecule has 2 amide bonds. The molecular weight excluding hydrogens is 356 g/mol. The number of benzene rings is 1. The van der Waals surface area contributed by atoms with Crippen LogP contribution in [0.4, 0.5) is 0 Å². The van der Waals surface area contributed by atoms with E-state index < -0.39 is 17.9 Å². The zero-order valence-electron chi connectivity index (χ0n) is 15.2. The van der Waals surface area contributed by atoms with E-state index in [0.29, 0.717) is 0 Å². The largest absolute Gasteiger partial charge is 0.469 e.